The van der Waals surface area contributed by atoms with Crippen LogP contribution in [0.1, 0.15) is 30.9 Å². The molecule has 1 saturated carbocycles. The Labute approximate surface area is 128 Å². The van der Waals surface area contributed by atoms with E-state index in [1.165, 1.54) is 11.3 Å². The van der Waals surface area contributed by atoms with E-state index < -0.39 is 24.6 Å². The first-order valence-corrected chi connectivity index (χ1v) is 7.42. The molecule has 0 radical (unpaired) electrons. The van der Waals surface area contributed by atoms with Crippen LogP contribution in [0.5, 0.6) is 0 Å². The number of hydrogen-bond acceptors (Lipinski definition) is 5. The number of guanidine groups is 1. The summed E-state index contributed by atoms with van der Waals surface area (Å²) in [7, 11) is 0. The first kappa shape index (κ1) is 16.5. The van der Waals surface area contributed by atoms with Crippen molar-refractivity contribution < 1.29 is 23.1 Å². The molecular weight excluding hydrogens is 321 g/mol. The molecule has 0 saturated heterocycles. The van der Waals surface area contributed by atoms with Crippen LogP contribution in [-0.4, -0.2) is 29.6 Å². The van der Waals surface area contributed by atoms with Gasteiger partial charge in [0, 0.05) is 17.3 Å². The van der Waals surface area contributed by atoms with Crippen molar-refractivity contribution in [3.8, 4) is 0 Å². The molecule has 10 heteroatoms. The Balaban J connectivity index is 1.93. The molecule has 0 amide bonds. The van der Waals surface area contributed by atoms with Gasteiger partial charge in [0.25, 0.3) is 0 Å². The third kappa shape index (κ3) is 4.58. The fourth-order valence-electron chi connectivity index (χ4n) is 2.32. The fraction of sp³-hybridized carbons (Fsp3) is 0.583. The summed E-state index contributed by atoms with van der Waals surface area (Å²) in [5.74, 6) is -1.87. The largest absolute Gasteiger partial charge is 0.550 e. The molecule has 1 aromatic heterocycles. The number of rotatable bonds is 4. The average molecular weight is 335 g/mol. The number of anilines is 1. The van der Waals surface area contributed by atoms with Gasteiger partial charge in [-0.1, -0.05) is 0 Å². The highest BCUT2D eigenvalue weighted by Gasteiger charge is 2.28. The van der Waals surface area contributed by atoms with Crippen molar-refractivity contribution in [3.05, 3.63) is 11.1 Å². The van der Waals surface area contributed by atoms with Crippen LogP contribution in [0.3, 0.4) is 0 Å². The van der Waals surface area contributed by atoms with Gasteiger partial charge in [-0.15, -0.1) is 11.3 Å². The lowest BCUT2D eigenvalue weighted by Crippen LogP contribution is -2.29. The van der Waals surface area contributed by atoms with Gasteiger partial charge in [-0.3, -0.25) is 0 Å². The van der Waals surface area contributed by atoms with E-state index in [0.29, 0.717) is 30.1 Å². The van der Waals surface area contributed by atoms with Crippen molar-refractivity contribution in [1.82, 2.24) is 4.98 Å². The quantitative estimate of drug-likeness (QED) is 0.633. The van der Waals surface area contributed by atoms with Crippen molar-refractivity contribution >= 4 is 28.4 Å². The Morgan fingerprint density at radius 1 is 1.55 bits per heavy atom. The van der Waals surface area contributed by atoms with Crippen molar-refractivity contribution in [3.63, 3.8) is 0 Å². The van der Waals surface area contributed by atoms with Gasteiger partial charge >= 0.3 is 6.18 Å². The second kappa shape index (κ2) is 6.51. The number of carbonyl (C=O) groups is 1. The van der Waals surface area contributed by atoms with Crippen LogP contribution in [0.15, 0.2) is 10.4 Å². The molecule has 1 aliphatic carbocycles. The van der Waals surface area contributed by atoms with Gasteiger partial charge in [-0.25, -0.2) is 9.98 Å². The van der Waals surface area contributed by atoms with E-state index in [1.807, 2.05) is 0 Å². The molecule has 1 aromatic rings. The predicted molar refractivity (Wildman–Crippen MR) is 73.4 cm³/mol. The Morgan fingerprint density at radius 2 is 2.27 bits per heavy atom. The summed E-state index contributed by atoms with van der Waals surface area (Å²) < 4.78 is 36.0. The molecule has 1 fully saturated rings. The van der Waals surface area contributed by atoms with E-state index in [2.05, 4.69) is 15.3 Å². The molecule has 3 N–H and O–H groups in total. The van der Waals surface area contributed by atoms with Gasteiger partial charge in [0.15, 0.2) is 11.1 Å². The number of carboxylic acids is 1. The molecule has 0 aliphatic heterocycles. The summed E-state index contributed by atoms with van der Waals surface area (Å²) in [6.45, 7) is -1.36. The summed E-state index contributed by atoms with van der Waals surface area (Å²) in [6.07, 6.45) is -2.71. The third-order valence-electron chi connectivity index (χ3n) is 3.37. The van der Waals surface area contributed by atoms with Crippen LogP contribution in [-0.2, 0) is 4.79 Å². The molecule has 1 aliphatic rings. The monoisotopic (exact) mass is 335 g/mol. The zero-order chi connectivity index (χ0) is 16.3. The average Bonchev–Trinajstić information content (AvgIpc) is 3.03. The zero-order valence-corrected chi connectivity index (χ0v) is 12.2. The second-order valence-electron chi connectivity index (χ2n) is 5.05. The summed E-state index contributed by atoms with van der Waals surface area (Å²) in [4.78, 5) is 18.2. The first-order chi connectivity index (χ1) is 10.2. The number of carbonyl (C=O) groups excluding carboxylic acids is 1. The van der Waals surface area contributed by atoms with Gasteiger partial charge in [0.1, 0.15) is 6.54 Å². The van der Waals surface area contributed by atoms with Crippen LogP contribution >= 0.6 is 11.3 Å². The number of hydrogen-bond donors (Lipinski definition) is 2. The lowest BCUT2D eigenvalue weighted by atomic mass is 10.0. The minimum Gasteiger partial charge on any atom is -0.550 e. The molecule has 0 bridgehead atoms. The van der Waals surface area contributed by atoms with E-state index in [4.69, 9.17) is 5.73 Å². The number of aliphatic carboxylic acids is 1. The number of aromatic nitrogens is 1. The number of nitrogens with one attached hydrogen (secondary N) is 1. The van der Waals surface area contributed by atoms with Crippen LogP contribution < -0.4 is 16.2 Å². The molecule has 2 unspecified atom stereocenters. The van der Waals surface area contributed by atoms with E-state index in [9.17, 15) is 23.1 Å². The summed E-state index contributed by atoms with van der Waals surface area (Å²) in [5.41, 5.74) is 6.07. The molecule has 0 aromatic carbocycles. The number of thiazole rings is 1. The SMILES string of the molecule is NC(=NCC(F)(F)F)Nc1nc(C2CCC(C(=O)[O-])C2)cs1. The highest BCUT2D eigenvalue weighted by Crippen LogP contribution is 2.38. The summed E-state index contributed by atoms with van der Waals surface area (Å²) in [6, 6.07) is 0. The highest BCUT2D eigenvalue weighted by atomic mass is 32.1. The molecule has 22 heavy (non-hydrogen) atoms. The van der Waals surface area contributed by atoms with Gasteiger partial charge in [-0.05, 0) is 25.2 Å². The van der Waals surface area contributed by atoms with E-state index >= 15 is 0 Å². The van der Waals surface area contributed by atoms with Crippen molar-refractivity contribution in [1.29, 1.82) is 0 Å². The number of alkyl halides is 3. The smallest absolute Gasteiger partial charge is 0.408 e. The van der Waals surface area contributed by atoms with Crippen molar-refractivity contribution in [2.75, 3.05) is 11.9 Å². The van der Waals surface area contributed by atoms with E-state index in [1.54, 1.807) is 5.38 Å². The van der Waals surface area contributed by atoms with Gasteiger partial charge in [0.05, 0.1) is 5.69 Å². The molecular formula is C12H14F3N4O2S-. The number of aliphatic imine (C=N–C) groups is 1. The number of halogens is 3. The van der Waals surface area contributed by atoms with Gasteiger partial charge < -0.3 is 21.0 Å². The topological polar surface area (TPSA) is 103 Å². The number of nitrogens with two attached hydrogens (primary N) is 1. The Bertz CT molecular complexity index is 573. The van der Waals surface area contributed by atoms with Gasteiger partial charge in [-0.2, -0.15) is 13.2 Å². The Kier molecular flexibility index (Phi) is 4.89. The second-order valence-corrected chi connectivity index (χ2v) is 5.90. The summed E-state index contributed by atoms with van der Waals surface area (Å²) in [5, 5.41) is 15.4. The number of carboxylic acid groups (broad SMARTS) is 1. The highest BCUT2D eigenvalue weighted by molar-refractivity contribution is 7.13. The molecule has 2 rings (SSSR count). The van der Waals surface area contributed by atoms with Crippen molar-refractivity contribution in [2.45, 2.75) is 31.4 Å². The van der Waals surface area contributed by atoms with Crippen LogP contribution in [0.2, 0.25) is 0 Å². The lowest BCUT2D eigenvalue weighted by Gasteiger charge is -2.10. The van der Waals surface area contributed by atoms with Crippen LogP contribution in [0.25, 0.3) is 0 Å². The molecule has 2 atom stereocenters. The standard InChI is InChI=1S/C12H15F3N4O2S/c13-12(14,15)5-17-10(16)19-11-18-8(4-22-11)6-1-2-7(3-6)9(20)21/h4,6-7H,1-3,5H2,(H,20,21)(H3,16,17,18,19)/p-1. The molecule has 122 valence electrons. The molecule has 0 spiro atoms. The normalized spacial score (nSPS) is 22.8. The maximum atomic E-state index is 12.0. The van der Waals surface area contributed by atoms with E-state index in [-0.39, 0.29) is 11.9 Å². The molecule has 6 nitrogen and oxygen atoms in total. The first-order valence-electron chi connectivity index (χ1n) is 6.54. The Hall–Kier alpha value is -1.84. The minimum absolute atomic E-state index is 0.0167. The zero-order valence-electron chi connectivity index (χ0n) is 11.4. The van der Waals surface area contributed by atoms with Crippen molar-refractivity contribution in [2.24, 2.45) is 16.6 Å². The van der Waals surface area contributed by atoms with Crippen LogP contribution in [0.4, 0.5) is 18.3 Å². The van der Waals surface area contributed by atoms with Gasteiger partial charge in [0.2, 0.25) is 0 Å². The van der Waals surface area contributed by atoms with E-state index in [0.717, 1.165) is 0 Å². The number of nitrogens with zero attached hydrogens (tertiary/aromatic N) is 2. The predicted octanol–water partition coefficient (Wildman–Crippen LogP) is 1.07. The lowest BCUT2D eigenvalue weighted by molar-refractivity contribution is -0.311. The third-order valence-corrected chi connectivity index (χ3v) is 4.15. The molecule has 1 heterocycles. The minimum atomic E-state index is -4.41. The maximum absolute atomic E-state index is 12.0. The summed E-state index contributed by atoms with van der Waals surface area (Å²) >= 11 is 1.18. The maximum Gasteiger partial charge on any atom is 0.408 e. The fourth-order valence-corrected chi connectivity index (χ4v) is 3.12. The van der Waals surface area contributed by atoms with Crippen LogP contribution in [0, 0.1) is 5.92 Å². The Morgan fingerprint density at radius 3 is 2.86 bits per heavy atom.